The van der Waals surface area contributed by atoms with E-state index in [0.717, 1.165) is 55.0 Å². The maximum Gasteiger partial charge on any atom is 0.147 e. The second kappa shape index (κ2) is 6.43. The summed E-state index contributed by atoms with van der Waals surface area (Å²) in [5.41, 5.74) is 11.0. The highest BCUT2D eigenvalue weighted by molar-refractivity contribution is 6.23. The number of hydrogen-bond donors (Lipinski definition) is 0. The molecule has 0 amide bonds. The number of para-hydroxylation sites is 2. The molecule has 0 N–H and O–H groups in total. The molecule has 0 spiro atoms. The van der Waals surface area contributed by atoms with Crippen LogP contribution in [-0.4, -0.2) is 0 Å². The third-order valence-electron chi connectivity index (χ3n) is 7.89. The van der Waals surface area contributed by atoms with Crippen molar-refractivity contribution in [3.8, 4) is 22.3 Å². The maximum absolute atomic E-state index is 6.58. The monoisotopic (exact) mass is 450 g/mol. The van der Waals surface area contributed by atoms with Crippen LogP contribution in [0.1, 0.15) is 25.0 Å². The van der Waals surface area contributed by atoms with E-state index in [1.165, 1.54) is 22.3 Å². The lowest BCUT2D eigenvalue weighted by atomic mass is 9.82. The van der Waals surface area contributed by atoms with Gasteiger partial charge in [-0.3, -0.25) is 0 Å². The summed E-state index contributed by atoms with van der Waals surface area (Å²) in [6.45, 7) is 4.64. The van der Waals surface area contributed by atoms with Crippen LogP contribution in [0.5, 0.6) is 0 Å². The molecule has 8 rings (SSSR count). The lowest BCUT2D eigenvalue weighted by molar-refractivity contribution is 0.657. The Kier molecular flexibility index (Phi) is 3.50. The highest BCUT2D eigenvalue weighted by Gasteiger charge is 2.37. The number of fused-ring (bicyclic) bond motifs is 9. The van der Waals surface area contributed by atoms with Gasteiger partial charge in [-0.15, -0.1) is 0 Å². The Bertz CT molecular complexity index is 1890. The van der Waals surface area contributed by atoms with E-state index in [4.69, 9.17) is 8.83 Å². The molecule has 1 aliphatic carbocycles. The van der Waals surface area contributed by atoms with E-state index in [-0.39, 0.29) is 5.41 Å². The van der Waals surface area contributed by atoms with Crippen molar-refractivity contribution in [3.63, 3.8) is 0 Å². The first-order valence-corrected chi connectivity index (χ1v) is 12.1. The third-order valence-corrected chi connectivity index (χ3v) is 7.89. The van der Waals surface area contributed by atoms with Crippen LogP contribution in [0.2, 0.25) is 0 Å². The van der Waals surface area contributed by atoms with Crippen LogP contribution in [0.25, 0.3) is 66.1 Å². The molecular formula is C33H22O2. The van der Waals surface area contributed by atoms with Gasteiger partial charge in [0.25, 0.3) is 0 Å². The van der Waals surface area contributed by atoms with Crippen LogP contribution in [0.15, 0.2) is 106 Å². The molecule has 35 heavy (non-hydrogen) atoms. The van der Waals surface area contributed by atoms with Gasteiger partial charge in [0.15, 0.2) is 0 Å². The fourth-order valence-corrected chi connectivity index (χ4v) is 6.24. The average molecular weight is 451 g/mol. The maximum atomic E-state index is 6.58. The van der Waals surface area contributed by atoms with Gasteiger partial charge in [-0.1, -0.05) is 92.7 Å². The predicted molar refractivity (Wildman–Crippen MR) is 144 cm³/mol. The predicted octanol–water partition coefficient (Wildman–Crippen LogP) is 9.46. The highest BCUT2D eigenvalue weighted by Crippen LogP contribution is 2.54. The Balaban J connectivity index is 1.61. The second-order valence-corrected chi connectivity index (χ2v) is 10.1. The average Bonchev–Trinajstić information content (AvgIpc) is 3.51. The van der Waals surface area contributed by atoms with Gasteiger partial charge in [-0.2, -0.15) is 0 Å². The molecule has 5 aromatic carbocycles. The summed E-state index contributed by atoms with van der Waals surface area (Å²) >= 11 is 0. The van der Waals surface area contributed by atoms with Gasteiger partial charge >= 0.3 is 0 Å². The fraction of sp³-hybridized carbons (Fsp3) is 0.0909. The van der Waals surface area contributed by atoms with Crippen molar-refractivity contribution in [1.29, 1.82) is 0 Å². The molecule has 0 atom stereocenters. The van der Waals surface area contributed by atoms with Crippen LogP contribution in [-0.2, 0) is 5.41 Å². The molecule has 0 saturated carbocycles. The molecule has 2 aromatic heterocycles. The van der Waals surface area contributed by atoms with Gasteiger partial charge in [0.05, 0.1) is 5.56 Å². The first kappa shape index (κ1) is 19.1. The third kappa shape index (κ3) is 2.34. The number of benzene rings is 5. The zero-order chi connectivity index (χ0) is 23.3. The second-order valence-electron chi connectivity index (χ2n) is 10.1. The van der Waals surface area contributed by atoms with Crippen LogP contribution in [0.4, 0.5) is 0 Å². The van der Waals surface area contributed by atoms with Gasteiger partial charge < -0.3 is 8.83 Å². The SMILES string of the molecule is CC1(C)c2ccccc2-c2c(-c3c4oc5ccccc5c4cc4c3oc3ccccc34)cccc21. The van der Waals surface area contributed by atoms with Gasteiger partial charge in [-0.05, 0) is 46.0 Å². The molecule has 0 bridgehead atoms. The van der Waals surface area contributed by atoms with Crippen LogP contribution >= 0.6 is 0 Å². The highest BCUT2D eigenvalue weighted by atomic mass is 16.3. The van der Waals surface area contributed by atoms with Gasteiger partial charge in [0.2, 0.25) is 0 Å². The van der Waals surface area contributed by atoms with E-state index < -0.39 is 0 Å². The molecule has 0 fully saturated rings. The van der Waals surface area contributed by atoms with Crippen molar-refractivity contribution in [2.75, 3.05) is 0 Å². The lowest BCUT2D eigenvalue weighted by Gasteiger charge is -2.21. The zero-order valence-electron chi connectivity index (χ0n) is 19.6. The molecule has 166 valence electrons. The fourth-order valence-electron chi connectivity index (χ4n) is 6.24. The van der Waals surface area contributed by atoms with Crippen molar-refractivity contribution < 1.29 is 8.83 Å². The minimum absolute atomic E-state index is 0.0727. The zero-order valence-corrected chi connectivity index (χ0v) is 19.6. The lowest BCUT2D eigenvalue weighted by Crippen LogP contribution is -2.14. The molecule has 7 aromatic rings. The summed E-state index contributed by atoms with van der Waals surface area (Å²) in [6, 6.07) is 34.3. The normalized spacial score (nSPS) is 14.2. The van der Waals surface area contributed by atoms with E-state index in [9.17, 15) is 0 Å². The molecule has 2 heteroatoms. The Morgan fingerprint density at radius 3 is 1.71 bits per heavy atom. The van der Waals surface area contributed by atoms with Gasteiger partial charge in [-0.25, -0.2) is 0 Å². The molecule has 2 heterocycles. The largest absolute Gasteiger partial charge is 0.455 e. The van der Waals surface area contributed by atoms with Crippen molar-refractivity contribution in [2.45, 2.75) is 19.3 Å². The molecule has 1 aliphatic rings. The number of furan rings is 2. The van der Waals surface area contributed by atoms with E-state index in [1.54, 1.807) is 0 Å². The van der Waals surface area contributed by atoms with Crippen LogP contribution in [0, 0.1) is 0 Å². The first-order valence-electron chi connectivity index (χ1n) is 12.1. The quantitative estimate of drug-likeness (QED) is 0.249. The topological polar surface area (TPSA) is 26.3 Å². The molecule has 0 unspecified atom stereocenters. The summed E-state index contributed by atoms with van der Waals surface area (Å²) in [4.78, 5) is 0. The van der Waals surface area contributed by atoms with E-state index in [1.807, 2.05) is 24.3 Å². The molecular weight excluding hydrogens is 428 g/mol. The number of hydrogen-bond acceptors (Lipinski definition) is 2. The van der Waals surface area contributed by atoms with Crippen molar-refractivity contribution in [1.82, 2.24) is 0 Å². The van der Waals surface area contributed by atoms with Crippen molar-refractivity contribution in [2.24, 2.45) is 0 Å². The minimum Gasteiger partial charge on any atom is -0.455 e. The molecule has 0 radical (unpaired) electrons. The smallest absolute Gasteiger partial charge is 0.147 e. The summed E-state index contributed by atoms with van der Waals surface area (Å²) in [5.74, 6) is 0. The van der Waals surface area contributed by atoms with Crippen molar-refractivity contribution in [3.05, 3.63) is 108 Å². The Morgan fingerprint density at radius 1 is 0.486 bits per heavy atom. The van der Waals surface area contributed by atoms with Crippen molar-refractivity contribution >= 4 is 43.9 Å². The van der Waals surface area contributed by atoms with E-state index in [0.29, 0.717) is 0 Å². The Labute approximate surface area is 202 Å². The molecule has 2 nitrogen and oxygen atoms in total. The number of rotatable bonds is 1. The van der Waals surface area contributed by atoms with E-state index >= 15 is 0 Å². The van der Waals surface area contributed by atoms with Crippen LogP contribution < -0.4 is 0 Å². The summed E-state index contributed by atoms with van der Waals surface area (Å²) in [7, 11) is 0. The standard InChI is InChI=1S/C33H22O2/c1-33(2)25-14-6-3-12-21(25)29-22(13-9-15-26(29)33)30-31-23(19-10-4-7-16-27(19)34-31)18-24-20-11-5-8-17-28(20)35-32(24)30/h3-18H,1-2H3. The molecule has 0 aliphatic heterocycles. The Hall–Kier alpha value is -4.30. The molecule has 0 saturated heterocycles. The first-order chi connectivity index (χ1) is 17.1. The van der Waals surface area contributed by atoms with Crippen LogP contribution in [0.3, 0.4) is 0 Å². The Morgan fingerprint density at radius 2 is 1.03 bits per heavy atom. The minimum atomic E-state index is -0.0727. The van der Waals surface area contributed by atoms with Gasteiger partial charge in [0.1, 0.15) is 22.3 Å². The van der Waals surface area contributed by atoms with E-state index in [2.05, 4.69) is 86.6 Å². The summed E-state index contributed by atoms with van der Waals surface area (Å²) in [6.07, 6.45) is 0. The summed E-state index contributed by atoms with van der Waals surface area (Å²) < 4.78 is 13.2. The van der Waals surface area contributed by atoms with Gasteiger partial charge in [0, 0.05) is 27.0 Å². The summed E-state index contributed by atoms with van der Waals surface area (Å²) in [5, 5.41) is 4.50.